The number of aryl methyl sites for hydroxylation is 2. The molecule has 1 fully saturated rings. The molecule has 0 saturated carbocycles. The van der Waals surface area contributed by atoms with E-state index >= 15 is 0 Å². The van der Waals surface area contributed by atoms with Crippen LogP contribution in [0.5, 0.6) is 5.75 Å². The largest absolute Gasteiger partial charge is 0.492 e. The van der Waals surface area contributed by atoms with Crippen molar-refractivity contribution >= 4 is 11.8 Å². The summed E-state index contributed by atoms with van der Waals surface area (Å²) in [6, 6.07) is 18.1. The summed E-state index contributed by atoms with van der Waals surface area (Å²) in [5, 5.41) is 4.20. The van der Waals surface area contributed by atoms with E-state index in [4.69, 9.17) is 9.26 Å². The average molecular weight is 502 g/mol. The van der Waals surface area contributed by atoms with E-state index in [1.807, 2.05) is 42.5 Å². The molecule has 0 aliphatic carbocycles. The number of carbonyl (C=O) groups excluding carboxylic acids is 2. The molecule has 2 aliphatic rings. The maximum absolute atomic E-state index is 13.8. The van der Waals surface area contributed by atoms with Gasteiger partial charge in [0.05, 0.1) is 6.54 Å². The fourth-order valence-electron chi connectivity index (χ4n) is 5.48. The minimum Gasteiger partial charge on any atom is -0.492 e. The van der Waals surface area contributed by atoms with Gasteiger partial charge >= 0.3 is 0 Å². The lowest BCUT2D eigenvalue weighted by Crippen LogP contribution is -2.44. The lowest BCUT2D eigenvalue weighted by atomic mass is 9.95. The highest BCUT2D eigenvalue weighted by molar-refractivity contribution is 6.00. The van der Waals surface area contributed by atoms with Crippen molar-refractivity contribution in [3.05, 3.63) is 71.5 Å². The molecule has 1 aromatic heterocycles. The van der Waals surface area contributed by atoms with Gasteiger partial charge in [-0.25, -0.2) is 0 Å². The Kier molecular flexibility index (Phi) is 7.87. The lowest BCUT2D eigenvalue weighted by molar-refractivity contribution is -0.135. The summed E-state index contributed by atoms with van der Waals surface area (Å²) < 4.78 is 11.5. The Morgan fingerprint density at radius 1 is 0.946 bits per heavy atom. The first-order valence-electron chi connectivity index (χ1n) is 13.4. The molecule has 0 spiro atoms. The first-order chi connectivity index (χ1) is 18.1. The van der Waals surface area contributed by atoms with E-state index < -0.39 is 0 Å². The van der Waals surface area contributed by atoms with Crippen LogP contribution in [0.1, 0.15) is 60.2 Å². The van der Waals surface area contributed by atoms with Crippen LogP contribution in [-0.4, -0.2) is 59.1 Å². The van der Waals surface area contributed by atoms with Crippen molar-refractivity contribution in [2.45, 2.75) is 57.9 Å². The van der Waals surface area contributed by atoms with E-state index in [1.165, 1.54) is 12.0 Å². The van der Waals surface area contributed by atoms with E-state index in [-0.39, 0.29) is 17.9 Å². The number of piperidine rings is 1. The third kappa shape index (κ3) is 5.87. The molecule has 7 nitrogen and oxygen atoms in total. The first kappa shape index (κ1) is 25.1. The number of hydrogen-bond acceptors (Lipinski definition) is 5. The van der Waals surface area contributed by atoms with Gasteiger partial charge < -0.3 is 19.1 Å². The molecule has 0 radical (unpaired) electrons. The van der Waals surface area contributed by atoms with Crippen LogP contribution >= 0.6 is 0 Å². The zero-order valence-electron chi connectivity index (χ0n) is 21.5. The predicted octanol–water partition coefficient (Wildman–Crippen LogP) is 5.28. The maximum atomic E-state index is 13.8. The number of amides is 2. The molecule has 3 aromatic rings. The SMILES string of the molecule is Cc1onc(-c2ccccc2)c1C(=O)N1CCCC(=O)N2CCCCC2CCc2cccc(c2)OCC1. The third-order valence-corrected chi connectivity index (χ3v) is 7.47. The van der Waals surface area contributed by atoms with E-state index in [9.17, 15) is 9.59 Å². The monoisotopic (exact) mass is 501 g/mol. The van der Waals surface area contributed by atoms with Gasteiger partial charge in [-0.1, -0.05) is 47.6 Å². The zero-order valence-corrected chi connectivity index (χ0v) is 21.5. The van der Waals surface area contributed by atoms with Gasteiger partial charge in [0.1, 0.15) is 29.4 Å². The van der Waals surface area contributed by atoms with Crippen LogP contribution in [-0.2, 0) is 11.2 Å². The normalized spacial score (nSPS) is 19.4. The number of benzene rings is 2. The fraction of sp³-hybridized carbons (Fsp3) is 0.433. The molecule has 37 heavy (non-hydrogen) atoms. The Morgan fingerprint density at radius 2 is 1.81 bits per heavy atom. The number of ether oxygens (including phenoxy) is 1. The smallest absolute Gasteiger partial charge is 0.259 e. The number of hydrogen-bond donors (Lipinski definition) is 0. The van der Waals surface area contributed by atoms with Crippen LogP contribution in [0.3, 0.4) is 0 Å². The molecular formula is C30H35N3O4. The molecule has 2 aromatic carbocycles. The van der Waals surface area contributed by atoms with Crippen LogP contribution in [0.2, 0.25) is 0 Å². The minimum atomic E-state index is -0.150. The Morgan fingerprint density at radius 3 is 2.68 bits per heavy atom. The van der Waals surface area contributed by atoms with Crippen LogP contribution < -0.4 is 4.74 Å². The van der Waals surface area contributed by atoms with Crippen molar-refractivity contribution in [3.8, 4) is 17.0 Å². The molecule has 194 valence electrons. The van der Waals surface area contributed by atoms with Gasteiger partial charge in [-0.2, -0.15) is 0 Å². The number of rotatable bonds is 2. The number of carbonyl (C=O) groups is 2. The molecule has 2 aliphatic heterocycles. The molecule has 7 heteroatoms. The van der Waals surface area contributed by atoms with Gasteiger partial charge in [0.25, 0.3) is 5.91 Å². The number of nitrogens with zero attached hydrogens (tertiary/aromatic N) is 3. The predicted molar refractivity (Wildman–Crippen MR) is 141 cm³/mol. The summed E-state index contributed by atoms with van der Waals surface area (Å²) >= 11 is 0. The maximum Gasteiger partial charge on any atom is 0.259 e. The number of fused-ring (bicyclic) bond motifs is 3. The Bertz CT molecular complexity index is 1220. The molecular weight excluding hydrogens is 466 g/mol. The summed E-state index contributed by atoms with van der Waals surface area (Å²) in [7, 11) is 0. The Balaban J connectivity index is 1.39. The standard InChI is InChI=1S/C30H35N3O4/c1-22-28(29(31-37-22)24-10-3-2-4-11-24)30(35)32-17-8-14-27(34)33-18-6-5-12-25(33)16-15-23-9-7-13-26(21-23)36-20-19-32/h2-4,7,9-11,13,21,25H,5-6,8,12,14-20H2,1H3. The summed E-state index contributed by atoms with van der Waals surface area (Å²) in [5.41, 5.74) is 3.06. The van der Waals surface area contributed by atoms with Crippen LogP contribution in [0, 0.1) is 6.92 Å². The van der Waals surface area contributed by atoms with Crippen molar-refractivity contribution in [2.75, 3.05) is 26.2 Å². The van der Waals surface area contributed by atoms with Gasteiger partial charge in [0.2, 0.25) is 5.91 Å². The van der Waals surface area contributed by atoms with Crippen molar-refractivity contribution in [1.29, 1.82) is 0 Å². The summed E-state index contributed by atoms with van der Waals surface area (Å²) in [6.45, 7) is 3.83. The number of aromatic nitrogens is 1. The zero-order chi connectivity index (χ0) is 25.6. The van der Waals surface area contributed by atoms with Crippen molar-refractivity contribution < 1.29 is 18.8 Å². The van der Waals surface area contributed by atoms with Crippen LogP contribution in [0.4, 0.5) is 0 Å². The topological polar surface area (TPSA) is 75.9 Å². The second-order valence-electron chi connectivity index (χ2n) is 10.00. The summed E-state index contributed by atoms with van der Waals surface area (Å²) in [5.74, 6) is 1.34. The molecule has 1 saturated heterocycles. The van der Waals surface area contributed by atoms with Crippen molar-refractivity contribution in [1.82, 2.24) is 15.0 Å². The van der Waals surface area contributed by atoms with Crippen molar-refractivity contribution in [3.63, 3.8) is 0 Å². The highest BCUT2D eigenvalue weighted by Crippen LogP contribution is 2.27. The lowest BCUT2D eigenvalue weighted by Gasteiger charge is -2.36. The second kappa shape index (κ2) is 11.6. The van der Waals surface area contributed by atoms with Crippen LogP contribution in [0.25, 0.3) is 11.3 Å². The quantitative estimate of drug-likeness (QED) is 0.478. The fourth-order valence-corrected chi connectivity index (χ4v) is 5.48. The van der Waals surface area contributed by atoms with E-state index in [1.54, 1.807) is 11.8 Å². The first-order valence-corrected chi connectivity index (χ1v) is 13.4. The van der Waals surface area contributed by atoms with Gasteiger partial charge in [-0.05, 0) is 63.1 Å². The minimum absolute atomic E-state index is 0.150. The third-order valence-electron chi connectivity index (χ3n) is 7.47. The molecule has 0 N–H and O–H groups in total. The van der Waals surface area contributed by atoms with E-state index in [0.717, 1.165) is 43.5 Å². The molecule has 3 heterocycles. The Labute approximate surface area is 218 Å². The highest BCUT2D eigenvalue weighted by Gasteiger charge is 2.28. The van der Waals surface area contributed by atoms with Crippen molar-refractivity contribution in [2.24, 2.45) is 0 Å². The van der Waals surface area contributed by atoms with Gasteiger partial charge in [0, 0.05) is 31.1 Å². The average Bonchev–Trinajstić information content (AvgIpc) is 3.32. The molecule has 5 rings (SSSR count). The summed E-state index contributed by atoms with van der Waals surface area (Å²) in [4.78, 5) is 30.9. The highest BCUT2D eigenvalue weighted by atomic mass is 16.5. The van der Waals surface area contributed by atoms with Gasteiger partial charge in [0.15, 0.2) is 0 Å². The Hall–Kier alpha value is -3.61. The van der Waals surface area contributed by atoms with Gasteiger partial charge in [-0.15, -0.1) is 0 Å². The molecule has 2 bridgehead atoms. The molecule has 2 amide bonds. The van der Waals surface area contributed by atoms with Gasteiger partial charge in [-0.3, -0.25) is 9.59 Å². The van der Waals surface area contributed by atoms with E-state index in [0.29, 0.717) is 49.6 Å². The molecule has 1 unspecified atom stereocenters. The molecule has 1 atom stereocenters. The van der Waals surface area contributed by atoms with Crippen LogP contribution in [0.15, 0.2) is 59.1 Å². The second-order valence-corrected chi connectivity index (χ2v) is 10.00. The summed E-state index contributed by atoms with van der Waals surface area (Å²) in [6.07, 6.45) is 6.21. The van der Waals surface area contributed by atoms with E-state index in [2.05, 4.69) is 22.2 Å².